The smallest absolute Gasteiger partial charge is 0.253 e. The summed E-state index contributed by atoms with van der Waals surface area (Å²) < 4.78 is 5.55. The van der Waals surface area contributed by atoms with Crippen molar-refractivity contribution in [2.75, 3.05) is 5.32 Å². The second-order valence-electron chi connectivity index (χ2n) is 4.29. The minimum atomic E-state index is -0.298. The van der Waals surface area contributed by atoms with E-state index in [2.05, 4.69) is 21.2 Å². The lowest BCUT2D eigenvalue weighted by molar-refractivity contribution is -0.126. The Balaban J connectivity index is 2.03. The average Bonchev–Trinajstić information content (AvgIpc) is 2.77. The molecule has 0 aromatic heterocycles. The summed E-state index contributed by atoms with van der Waals surface area (Å²) in [6.07, 6.45) is 1.66. The topological polar surface area (TPSA) is 38.3 Å². The number of hydrogen-bond donors (Lipinski definition) is 1. The van der Waals surface area contributed by atoms with Gasteiger partial charge in [-0.25, -0.2) is 0 Å². The maximum Gasteiger partial charge on any atom is 0.253 e. The number of hydrogen-bond acceptors (Lipinski definition) is 2. The Morgan fingerprint density at radius 2 is 2.24 bits per heavy atom. The molecule has 0 radical (unpaired) electrons. The molecule has 1 heterocycles. The van der Waals surface area contributed by atoms with Crippen LogP contribution in [0.1, 0.15) is 25.3 Å². The molecule has 0 saturated carbocycles. The van der Waals surface area contributed by atoms with E-state index in [4.69, 9.17) is 4.74 Å². The molecule has 1 aliphatic heterocycles. The largest absolute Gasteiger partial charge is 0.365 e. The number of rotatable bonds is 3. The first-order valence-electron chi connectivity index (χ1n) is 5.81. The molecule has 2 atom stereocenters. The van der Waals surface area contributed by atoms with Gasteiger partial charge in [0.1, 0.15) is 6.10 Å². The van der Waals surface area contributed by atoms with Crippen molar-refractivity contribution in [1.82, 2.24) is 0 Å². The summed E-state index contributed by atoms with van der Waals surface area (Å²) in [7, 11) is 0. The number of halogens is 1. The number of anilines is 1. The minimum absolute atomic E-state index is 0.0391. The molecular weight excluding hydrogens is 282 g/mol. The summed E-state index contributed by atoms with van der Waals surface area (Å²) in [6.45, 7) is 2.00. The van der Waals surface area contributed by atoms with Crippen molar-refractivity contribution in [1.29, 1.82) is 0 Å². The van der Waals surface area contributed by atoms with E-state index in [1.165, 1.54) is 0 Å². The molecule has 1 aliphatic rings. The van der Waals surface area contributed by atoms with Crippen LogP contribution in [-0.4, -0.2) is 18.1 Å². The number of amides is 1. The van der Waals surface area contributed by atoms with Crippen LogP contribution < -0.4 is 5.32 Å². The fourth-order valence-corrected chi connectivity index (χ4v) is 2.46. The molecule has 2 rings (SSSR count). The third-order valence-electron chi connectivity index (χ3n) is 2.94. The molecule has 3 nitrogen and oxygen atoms in total. The molecule has 0 spiro atoms. The number of ether oxygens (including phenoxy) is 1. The molecule has 2 unspecified atom stereocenters. The van der Waals surface area contributed by atoms with Gasteiger partial charge in [-0.1, -0.05) is 34.1 Å². The monoisotopic (exact) mass is 297 g/mol. The van der Waals surface area contributed by atoms with Gasteiger partial charge >= 0.3 is 0 Å². The zero-order chi connectivity index (χ0) is 12.3. The van der Waals surface area contributed by atoms with E-state index in [1.807, 2.05) is 31.2 Å². The predicted molar refractivity (Wildman–Crippen MR) is 71.3 cm³/mol. The van der Waals surface area contributed by atoms with Crippen molar-refractivity contribution in [2.24, 2.45) is 0 Å². The first-order valence-corrected chi connectivity index (χ1v) is 6.93. The molecule has 4 heteroatoms. The molecule has 1 saturated heterocycles. The molecular formula is C13H16BrNO2. The maximum absolute atomic E-state index is 12.0. The van der Waals surface area contributed by atoms with Gasteiger partial charge < -0.3 is 10.1 Å². The summed E-state index contributed by atoms with van der Waals surface area (Å²) in [5, 5.41) is 3.66. The number of alkyl halides is 1. The second-order valence-corrected chi connectivity index (χ2v) is 4.85. The Labute approximate surface area is 110 Å². The lowest BCUT2D eigenvalue weighted by Gasteiger charge is -2.13. The highest BCUT2D eigenvalue weighted by Crippen LogP contribution is 2.22. The molecule has 1 aromatic rings. The van der Waals surface area contributed by atoms with Crippen molar-refractivity contribution in [3.8, 4) is 0 Å². The molecule has 0 bridgehead atoms. The SMILES string of the molecule is CC1CCC(C(=O)Nc2ccccc2CBr)O1. The fraction of sp³-hybridized carbons (Fsp3) is 0.462. The summed E-state index contributed by atoms with van der Waals surface area (Å²) in [4.78, 5) is 12.0. The molecule has 1 aromatic carbocycles. The van der Waals surface area contributed by atoms with Gasteiger partial charge in [-0.05, 0) is 31.4 Å². The van der Waals surface area contributed by atoms with Gasteiger partial charge in [0.05, 0.1) is 6.10 Å². The van der Waals surface area contributed by atoms with Crippen LogP contribution >= 0.6 is 15.9 Å². The number of para-hydroxylation sites is 1. The van der Waals surface area contributed by atoms with Gasteiger partial charge in [-0.3, -0.25) is 4.79 Å². The lowest BCUT2D eigenvalue weighted by Crippen LogP contribution is -2.28. The summed E-state index contributed by atoms with van der Waals surface area (Å²) >= 11 is 3.41. The number of carbonyl (C=O) groups is 1. The third kappa shape index (κ3) is 3.07. The van der Waals surface area contributed by atoms with E-state index in [1.54, 1.807) is 0 Å². The fourth-order valence-electron chi connectivity index (χ4n) is 1.97. The summed E-state index contributed by atoms with van der Waals surface area (Å²) in [5.41, 5.74) is 1.93. The first kappa shape index (κ1) is 12.6. The van der Waals surface area contributed by atoms with Crippen LogP contribution in [-0.2, 0) is 14.9 Å². The number of benzene rings is 1. The van der Waals surface area contributed by atoms with Gasteiger partial charge in [0.2, 0.25) is 0 Å². The van der Waals surface area contributed by atoms with Gasteiger partial charge in [0, 0.05) is 11.0 Å². The van der Waals surface area contributed by atoms with Crippen LogP contribution in [0.4, 0.5) is 5.69 Å². The Bertz CT molecular complexity index is 408. The zero-order valence-electron chi connectivity index (χ0n) is 9.78. The maximum atomic E-state index is 12.0. The quantitative estimate of drug-likeness (QED) is 0.871. The minimum Gasteiger partial charge on any atom is -0.365 e. The van der Waals surface area contributed by atoms with Crippen LogP contribution in [0, 0.1) is 0 Å². The number of carbonyl (C=O) groups excluding carboxylic acids is 1. The van der Waals surface area contributed by atoms with Crippen molar-refractivity contribution in [2.45, 2.75) is 37.3 Å². The van der Waals surface area contributed by atoms with Gasteiger partial charge in [0.15, 0.2) is 0 Å². The highest BCUT2D eigenvalue weighted by molar-refractivity contribution is 9.08. The van der Waals surface area contributed by atoms with E-state index >= 15 is 0 Å². The Kier molecular flexibility index (Phi) is 4.18. The Morgan fingerprint density at radius 3 is 2.88 bits per heavy atom. The normalized spacial score (nSPS) is 23.6. The Hall–Kier alpha value is -0.870. The van der Waals surface area contributed by atoms with E-state index < -0.39 is 0 Å². The van der Waals surface area contributed by atoms with Gasteiger partial charge in [-0.2, -0.15) is 0 Å². The Morgan fingerprint density at radius 1 is 1.47 bits per heavy atom. The molecule has 0 aliphatic carbocycles. The standard InChI is InChI=1S/C13H16BrNO2/c1-9-6-7-12(17-9)13(16)15-11-5-3-2-4-10(11)8-14/h2-5,9,12H,6-8H2,1H3,(H,15,16). The third-order valence-corrected chi connectivity index (χ3v) is 3.55. The van der Waals surface area contributed by atoms with Crippen LogP contribution in [0.5, 0.6) is 0 Å². The molecule has 1 N–H and O–H groups in total. The van der Waals surface area contributed by atoms with E-state index in [0.717, 1.165) is 29.4 Å². The summed E-state index contributed by atoms with van der Waals surface area (Å²) in [6, 6.07) is 7.77. The van der Waals surface area contributed by atoms with Crippen molar-refractivity contribution < 1.29 is 9.53 Å². The molecule has 1 fully saturated rings. The highest BCUT2D eigenvalue weighted by Gasteiger charge is 2.28. The van der Waals surface area contributed by atoms with E-state index in [9.17, 15) is 4.79 Å². The average molecular weight is 298 g/mol. The van der Waals surface area contributed by atoms with Crippen LogP contribution in [0.25, 0.3) is 0 Å². The lowest BCUT2D eigenvalue weighted by atomic mass is 10.1. The second kappa shape index (κ2) is 5.65. The van der Waals surface area contributed by atoms with E-state index in [0.29, 0.717) is 0 Å². The highest BCUT2D eigenvalue weighted by atomic mass is 79.9. The van der Waals surface area contributed by atoms with E-state index in [-0.39, 0.29) is 18.1 Å². The molecule has 17 heavy (non-hydrogen) atoms. The van der Waals surface area contributed by atoms with Gasteiger partial charge in [0.25, 0.3) is 5.91 Å². The number of nitrogens with one attached hydrogen (secondary N) is 1. The summed E-state index contributed by atoms with van der Waals surface area (Å²) in [5.74, 6) is -0.0391. The van der Waals surface area contributed by atoms with Crippen molar-refractivity contribution in [3.05, 3.63) is 29.8 Å². The van der Waals surface area contributed by atoms with Gasteiger partial charge in [-0.15, -0.1) is 0 Å². The first-order chi connectivity index (χ1) is 8.20. The van der Waals surface area contributed by atoms with Crippen LogP contribution in [0.2, 0.25) is 0 Å². The van der Waals surface area contributed by atoms with Crippen LogP contribution in [0.15, 0.2) is 24.3 Å². The van der Waals surface area contributed by atoms with Crippen molar-refractivity contribution >= 4 is 27.5 Å². The molecule has 1 amide bonds. The molecule has 92 valence electrons. The predicted octanol–water partition coefficient (Wildman–Crippen LogP) is 3.09. The van der Waals surface area contributed by atoms with Crippen LogP contribution in [0.3, 0.4) is 0 Å². The van der Waals surface area contributed by atoms with Crippen molar-refractivity contribution in [3.63, 3.8) is 0 Å². The zero-order valence-corrected chi connectivity index (χ0v) is 11.4.